The number of hydrogen-bond acceptors (Lipinski definition) is 2. The molecular formula is C26H23Cl2N3O. The highest BCUT2D eigenvalue weighted by Crippen LogP contribution is 2.36. The summed E-state index contributed by atoms with van der Waals surface area (Å²) in [4.78, 5) is 18.0. The molecule has 6 heteroatoms. The van der Waals surface area contributed by atoms with Gasteiger partial charge in [0, 0.05) is 27.7 Å². The average molecular weight is 464 g/mol. The number of aryl methyl sites for hydroxylation is 2. The molecule has 0 saturated heterocycles. The first-order chi connectivity index (χ1) is 15.4. The third kappa shape index (κ3) is 4.29. The van der Waals surface area contributed by atoms with Crippen LogP contribution < -0.4 is 5.32 Å². The minimum Gasteiger partial charge on any atom is -0.351 e. The van der Waals surface area contributed by atoms with Gasteiger partial charge < -0.3 is 5.32 Å². The summed E-state index contributed by atoms with van der Waals surface area (Å²) < 4.78 is 2.01. The number of carbonyl (C=O) groups excluding carboxylic acids is 1. The number of nitrogens with zero attached hydrogens (tertiary/aromatic N) is 2. The minimum atomic E-state index is -0.241. The zero-order valence-corrected chi connectivity index (χ0v) is 19.6. The van der Waals surface area contributed by atoms with Crippen molar-refractivity contribution in [2.45, 2.75) is 20.8 Å². The maximum Gasteiger partial charge on any atom is 0.272 e. The van der Waals surface area contributed by atoms with Crippen molar-refractivity contribution in [2.24, 2.45) is 0 Å². The van der Waals surface area contributed by atoms with Crippen LogP contribution in [0.2, 0.25) is 10.0 Å². The third-order valence-corrected chi connectivity index (χ3v) is 5.69. The zero-order chi connectivity index (χ0) is 22.8. The van der Waals surface area contributed by atoms with Crippen LogP contribution in [0.25, 0.3) is 28.3 Å². The van der Waals surface area contributed by atoms with Gasteiger partial charge in [-0.25, -0.2) is 4.98 Å². The Balaban J connectivity index is 2.14. The number of rotatable bonds is 5. The van der Waals surface area contributed by atoms with Crippen molar-refractivity contribution in [3.63, 3.8) is 0 Å². The van der Waals surface area contributed by atoms with Crippen molar-refractivity contribution >= 4 is 29.1 Å². The molecule has 0 aliphatic heterocycles. The van der Waals surface area contributed by atoms with E-state index >= 15 is 0 Å². The van der Waals surface area contributed by atoms with Crippen LogP contribution >= 0.6 is 23.2 Å². The molecule has 1 heterocycles. The maximum atomic E-state index is 13.1. The second kappa shape index (κ2) is 9.19. The summed E-state index contributed by atoms with van der Waals surface area (Å²) >= 11 is 12.7. The van der Waals surface area contributed by atoms with E-state index in [2.05, 4.69) is 11.4 Å². The van der Waals surface area contributed by atoms with E-state index in [1.807, 2.05) is 86.0 Å². The molecule has 4 rings (SSSR count). The summed E-state index contributed by atoms with van der Waals surface area (Å²) in [6.45, 7) is 6.43. The fraction of sp³-hybridized carbons (Fsp3) is 0.154. The molecule has 0 spiro atoms. The van der Waals surface area contributed by atoms with Crippen molar-refractivity contribution < 1.29 is 4.79 Å². The van der Waals surface area contributed by atoms with Crippen molar-refractivity contribution in [2.75, 3.05) is 6.54 Å². The number of halogens is 2. The van der Waals surface area contributed by atoms with Crippen LogP contribution in [-0.2, 0) is 0 Å². The Morgan fingerprint density at radius 1 is 0.938 bits per heavy atom. The number of carbonyl (C=O) groups is 1. The van der Waals surface area contributed by atoms with Crippen LogP contribution in [0, 0.1) is 13.8 Å². The minimum absolute atomic E-state index is 0.241. The summed E-state index contributed by atoms with van der Waals surface area (Å²) in [5.74, 6) is 0.421. The molecule has 1 amide bonds. The van der Waals surface area contributed by atoms with Crippen LogP contribution in [0.1, 0.15) is 28.5 Å². The van der Waals surface area contributed by atoms with Crippen LogP contribution in [-0.4, -0.2) is 22.0 Å². The van der Waals surface area contributed by atoms with Crippen LogP contribution in [0.15, 0.2) is 66.7 Å². The van der Waals surface area contributed by atoms with Gasteiger partial charge in [-0.05, 0) is 56.7 Å². The SMILES string of the molecule is CCNC(=O)c1nc(-c2cccc(C)c2)n(-c2cc(Cl)ccc2C)c1-c1cccc(Cl)c1. The van der Waals surface area contributed by atoms with E-state index in [-0.39, 0.29) is 5.91 Å². The molecule has 0 saturated carbocycles. The molecule has 4 aromatic rings. The second-order valence-electron chi connectivity index (χ2n) is 7.64. The lowest BCUT2D eigenvalue weighted by Crippen LogP contribution is -2.23. The van der Waals surface area contributed by atoms with E-state index in [1.54, 1.807) is 0 Å². The van der Waals surface area contributed by atoms with Crippen LogP contribution in [0.3, 0.4) is 0 Å². The lowest BCUT2D eigenvalue weighted by atomic mass is 10.1. The van der Waals surface area contributed by atoms with Crippen molar-refractivity contribution in [1.29, 1.82) is 0 Å². The van der Waals surface area contributed by atoms with Gasteiger partial charge in [0.25, 0.3) is 5.91 Å². The average Bonchev–Trinajstić information content (AvgIpc) is 3.16. The van der Waals surface area contributed by atoms with Gasteiger partial charge in [0.05, 0.1) is 11.4 Å². The molecule has 4 nitrogen and oxygen atoms in total. The van der Waals surface area contributed by atoms with Crippen molar-refractivity contribution in [1.82, 2.24) is 14.9 Å². The highest BCUT2D eigenvalue weighted by Gasteiger charge is 2.26. The molecule has 3 aromatic carbocycles. The van der Waals surface area contributed by atoms with Gasteiger partial charge in [-0.15, -0.1) is 0 Å². The number of nitrogens with one attached hydrogen (secondary N) is 1. The van der Waals surface area contributed by atoms with E-state index in [0.29, 0.717) is 33.8 Å². The second-order valence-corrected chi connectivity index (χ2v) is 8.51. The highest BCUT2D eigenvalue weighted by molar-refractivity contribution is 6.31. The number of aromatic nitrogens is 2. The molecule has 0 aliphatic carbocycles. The molecule has 162 valence electrons. The Kier molecular flexibility index (Phi) is 6.35. The van der Waals surface area contributed by atoms with E-state index in [4.69, 9.17) is 28.2 Å². The van der Waals surface area contributed by atoms with Gasteiger partial charge in [0.15, 0.2) is 5.69 Å². The predicted octanol–water partition coefficient (Wildman–Crippen LogP) is 6.88. The summed E-state index contributed by atoms with van der Waals surface area (Å²) in [6, 6.07) is 21.2. The van der Waals surface area contributed by atoms with Gasteiger partial charge in [-0.1, -0.05) is 65.2 Å². The molecular weight excluding hydrogens is 441 g/mol. The molecule has 0 bridgehead atoms. The summed E-state index contributed by atoms with van der Waals surface area (Å²) in [5, 5.41) is 4.08. The fourth-order valence-corrected chi connectivity index (χ4v) is 4.12. The molecule has 0 fully saturated rings. The molecule has 0 atom stereocenters. The third-order valence-electron chi connectivity index (χ3n) is 5.22. The van der Waals surface area contributed by atoms with Gasteiger partial charge in [0.2, 0.25) is 0 Å². The Bertz CT molecular complexity index is 1310. The largest absolute Gasteiger partial charge is 0.351 e. The summed E-state index contributed by atoms with van der Waals surface area (Å²) in [7, 11) is 0. The van der Waals surface area contributed by atoms with Crippen LogP contribution in [0.4, 0.5) is 0 Å². The Morgan fingerprint density at radius 2 is 1.66 bits per heavy atom. The standard InChI is InChI=1S/C26H23Cl2N3O/c1-4-29-26(32)23-24(18-8-6-10-20(27)14-18)31(22-15-21(28)12-11-17(22)3)25(30-23)19-9-5-7-16(2)13-19/h5-15H,4H2,1-3H3,(H,29,32). The Morgan fingerprint density at radius 3 is 2.38 bits per heavy atom. The normalized spacial score (nSPS) is 10.9. The van der Waals surface area contributed by atoms with Crippen molar-refractivity contribution in [3.05, 3.63) is 93.6 Å². The van der Waals surface area contributed by atoms with Gasteiger partial charge in [-0.3, -0.25) is 9.36 Å². The van der Waals surface area contributed by atoms with Gasteiger partial charge >= 0.3 is 0 Å². The number of benzene rings is 3. The topological polar surface area (TPSA) is 46.9 Å². The first kappa shape index (κ1) is 22.1. The van der Waals surface area contributed by atoms with Crippen LogP contribution in [0.5, 0.6) is 0 Å². The monoisotopic (exact) mass is 463 g/mol. The molecule has 32 heavy (non-hydrogen) atoms. The number of imidazole rings is 1. The molecule has 0 radical (unpaired) electrons. The predicted molar refractivity (Wildman–Crippen MR) is 132 cm³/mol. The fourth-order valence-electron chi connectivity index (χ4n) is 3.76. The van der Waals surface area contributed by atoms with Gasteiger partial charge in [0.1, 0.15) is 5.82 Å². The lowest BCUT2D eigenvalue weighted by Gasteiger charge is -2.16. The molecule has 1 N–H and O–H groups in total. The molecule has 0 unspecified atom stereocenters. The van der Waals surface area contributed by atoms with Crippen molar-refractivity contribution in [3.8, 4) is 28.3 Å². The number of hydrogen-bond donors (Lipinski definition) is 1. The summed E-state index contributed by atoms with van der Waals surface area (Å²) in [6.07, 6.45) is 0. The Labute approximate surface area is 197 Å². The molecule has 0 aliphatic rings. The smallest absolute Gasteiger partial charge is 0.272 e. The highest BCUT2D eigenvalue weighted by atomic mass is 35.5. The quantitative estimate of drug-likeness (QED) is 0.350. The van der Waals surface area contributed by atoms with E-state index in [1.165, 1.54) is 0 Å². The number of amides is 1. The van der Waals surface area contributed by atoms with E-state index in [9.17, 15) is 4.79 Å². The summed E-state index contributed by atoms with van der Waals surface area (Å²) in [5.41, 5.74) is 5.67. The Hall–Kier alpha value is -3.08. The lowest BCUT2D eigenvalue weighted by molar-refractivity contribution is 0.0952. The van der Waals surface area contributed by atoms with E-state index < -0.39 is 0 Å². The zero-order valence-electron chi connectivity index (χ0n) is 18.1. The molecule has 1 aromatic heterocycles. The van der Waals surface area contributed by atoms with Gasteiger partial charge in [-0.2, -0.15) is 0 Å². The maximum absolute atomic E-state index is 13.1. The first-order valence-electron chi connectivity index (χ1n) is 10.4. The first-order valence-corrected chi connectivity index (χ1v) is 11.1. The van der Waals surface area contributed by atoms with E-state index in [0.717, 1.165) is 27.9 Å².